The average molecular weight is 247 g/mol. The molecule has 0 heterocycles. The van der Waals surface area contributed by atoms with E-state index in [9.17, 15) is 4.79 Å². The number of carbonyl (C=O) groups excluding carboxylic acids is 1. The molecule has 0 saturated heterocycles. The van der Waals surface area contributed by atoms with Gasteiger partial charge in [-0.25, -0.2) is 4.79 Å². The Morgan fingerprint density at radius 3 is 2.61 bits per heavy atom. The molecule has 18 heavy (non-hydrogen) atoms. The molecule has 98 valence electrons. The summed E-state index contributed by atoms with van der Waals surface area (Å²) in [6.45, 7) is 4.50. The van der Waals surface area contributed by atoms with Crippen molar-refractivity contribution in [3.05, 3.63) is 35.9 Å². The molecule has 1 aliphatic rings. The Bertz CT molecular complexity index is 385. The van der Waals surface area contributed by atoms with E-state index >= 15 is 0 Å². The second kappa shape index (κ2) is 6.01. The fourth-order valence-electron chi connectivity index (χ4n) is 2.45. The maximum absolute atomic E-state index is 12.0. The van der Waals surface area contributed by atoms with Gasteiger partial charge >= 0.3 is 5.97 Å². The first-order valence-corrected chi connectivity index (χ1v) is 6.68. The molecule has 0 spiro atoms. The third-order valence-corrected chi connectivity index (χ3v) is 3.43. The first kappa shape index (κ1) is 13.1. The van der Waals surface area contributed by atoms with Crippen LogP contribution in [0.4, 0.5) is 0 Å². The lowest BCUT2D eigenvalue weighted by atomic mass is 9.81. The molecular formula is C15H21NO2. The topological polar surface area (TPSA) is 38.3 Å². The molecular weight excluding hydrogens is 226 g/mol. The number of ether oxygens (including phenoxy) is 1. The van der Waals surface area contributed by atoms with Crippen molar-refractivity contribution in [2.45, 2.75) is 38.8 Å². The van der Waals surface area contributed by atoms with Gasteiger partial charge in [-0.05, 0) is 31.2 Å². The van der Waals surface area contributed by atoms with Crippen molar-refractivity contribution < 1.29 is 9.53 Å². The zero-order chi connectivity index (χ0) is 13.0. The van der Waals surface area contributed by atoms with Gasteiger partial charge in [0.2, 0.25) is 0 Å². The molecule has 1 atom stereocenters. The first-order chi connectivity index (χ1) is 8.70. The van der Waals surface area contributed by atoms with Gasteiger partial charge in [0.1, 0.15) is 6.04 Å². The molecule has 0 bridgehead atoms. The van der Waals surface area contributed by atoms with Crippen LogP contribution in [0.15, 0.2) is 30.3 Å². The van der Waals surface area contributed by atoms with Gasteiger partial charge in [0.15, 0.2) is 0 Å². The average Bonchev–Trinajstić information content (AvgIpc) is 2.34. The summed E-state index contributed by atoms with van der Waals surface area (Å²) in [4.78, 5) is 12.0. The smallest absolute Gasteiger partial charge is 0.327 e. The highest BCUT2D eigenvalue weighted by Gasteiger charge is 2.31. The van der Waals surface area contributed by atoms with E-state index in [-0.39, 0.29) is 12.0 Å². The summed E-state index contributed by atoms with van der Waals surface area (Å²) >= 11 is 0. The van der Waals surface area contributed by atoms with Crippen molar-refractivity contribution in [1.29, 1.82) is 0 Å². The number of hydrogen-bond donors (Lipinski definition) is 1. The van der Waals surface area contributed by atoms with E-state index in [0.717, 1.165) is 24.3 Å². The molecule has 0 aromatic heterocycles. The summed E-state index contributed by atoms with van der Waals surface area (Å²) in [5, 5.41) is 3.41. The van der Waals surface area contributed by atoms with E-state index in [1.807, 2.05) is 37.3 Å². The Hall–Kier alpha value is -1.35. The third kappa shape index (κ3) is 3.10. The van der Waals surface area contributed by atoms with Crippen LogP contribution in [0.5, 0.6) is 0 Å². The van der Waals surface area contributed by atoms with E-state index in [2.05, 4.69) is 12.2 Å². The highest BCUT2D eigenvalue weighted by atomic mass is 16.5. The standard InChI is InChI=1S/C15H21NO2/c1-3-18-15(17)14(12-7-5-4-6-8-12)16-13-9-11(2)10-13/h4-8,11,13-14,16H,3,9-10H2,1-2H3. The Balaban J connectivity index is 2.05. The van der Waals surface area contributed by atoms with Crippen LogP contribution in [-0.2, 0) is 9.53 Å². The molecule has 2 rings (SSSR count). The summed E-state index contributed by atoms with van der Waals surface area (Å²) in [7, 11) is 0. The van der Waals surface area contributed by atoms with Gasteiger partial charge in [0.05, 0.1) is 6.61 Å². The van der Waals surface area contributed by atoms with Gasteiger partial charge in [-0.1, -0.05) is 37.3 Å². The normalized spacial score (nSPS) is 24.1. The molecule has 1 fully saturated rings. The molecule has 0 amide bonds. The van der Waals surface area contributed by atoms with Crippen LogP contribution in [0.2, 0.25) is 0 Å². The number of rotatable bonds is 5. The molecule has 1 unspecified atom stereocenters. The minimum Gasteiger partial charge on any atom is -0.465 e. The highest BCUT2D eigenvalue weighted by Crippen LogP contribution is 2.29. The summed E-state index contributed by atoms with van der Waals surface area (Å²) in [5.74, 6) is 0.587. The number of carbonyl (C=O) groups is 1. The van der Waals surface area contributed by atoms with Crippen molar-refractivity contribution in [3.63, 3.8) is 0 Å². The minimum absolute atomic E-state index is 0.178. The Kier molecular flexibility index (Phi) is 4.37. The second-order valence-electron chi connectivity index (χ2n) is 5.04. The molecule has 1 aromatic rings. The highest BCUT2D eigenvalue weighted by molar-refractivity contribution is 5.77. The van der Waals surface area contributed by atoms with Crippen LogP contribution in [0.1, 0.15) is 38.3 Å². The SMILES string of the molecule is CCOC(=O)C(NC1CC(C)C1)c1ccccc1. The Morgan fingerprint density at radius 2 is 2.06 bits per heavy atom. The molecule has 0 radical (unpaired) electrons. The fraction of sp³-hybridized carbons (Fsp3) is 0.533. The predicted octanol–water partition coefficient (Wildman–Crippen LogP) is 2.68. The molecule has 3 nitrogen and oxygen atoms in total. The lowest BCUT2D eigenvalue weighted by molar-refractivity contribution is -0.146. The van der Waals surface area contributed by atoms with E-state index < -0.39 is 0 Å². The van der Waals surface area contributed by atoms with Gasteiger partial charge in [0.25, 0.3) is 0 Å². The number of hydrogen-bond acceptors (Lipinski definition) is 3. The van der Waals surface area contributed by atoms with Crippen LogP contribution in [0.25, 0.3) is 0 Å². The monoisotopic (exact) mass is 247 g/mol. The van der Waals surface area contributed by atoms with Crippen molar-refractivity contribution in [2.75, 3.05) is 6.61 Å². The van der Waals surface area contributed by atoms with Crippen LogP contribution in [0.3, 0.4) is 0 Å². The van der Waals surface area contributed by atoms with E-state index in [4.69, 9.17) is 4.74 Å². The van der Waals surface area contributed by atoms with E-state index in [0.29, 0.717) is 12.6 Å². The number of nitrogens with one attached hydrogen (secondary N) is 1. The number of esters is 1. The van der Waals surface area contributed by atoms with Crippen molar-refractivity contribution in [2.24, 2.45) is 5.92 Å². The van der Waals surface area contributed by atoms with Crippen molar-refractivity contribution in [1.82, 2.24) is 5.32 Å². The summed E-state index contributed by atoms with van der Waals surface area (Å²) in [6.07, 6.45) is 2.28. The van der Waals surface area contributed by atoms with Crippen LogP contribution in [0, 0.1) is 5.92 Å². The van der Waals surface area contributed by atoms with Crippen LogP contribution < -0.4 is 5.32 Å². The van der Waals surface area contributed by atoms with Crippen molar-refractivity contribution >= 4 is 5.97 Å². The van der Waals surface area contributed by atoms with Crippen molar-refractivity contribution in [3.8, 4) is 0 Å². The fourth-order valence-corrected chi connectivity index (χ4v) is 2.45. The molecule has 3 heteroatoms. The van der Waals surface area contributed by atoms with E-state index in [1.54, 1.807) is 0 Å². The predicted molar refractivity (Wildman–Crippen MR) is 71.1 cm³/mol. The lowest BCUT2D eigenvalue weighted by Gasteiger charge is -2.36. The zero-order valence-electron chi connectivity index (χ0n) is 11.1. The van der Waals surface area contributed by atoms with E-state index in [1.165, 1.54) is 0 Å². The molecule has 1 aliphatic carbocycles. The summed E-state index contributed by atoms with van der Waals surface area (Å²) in [6, 6.07) is 9.90. The molecule has 1 saturated carbocycles. The largest absolute Gasteiger partial charge is 0.465 e. The zero-order valence-corrected chi connectivity index (χ0v) is 11.1. The molecule has 0 aliphatic heterocycles. The summed E-state index contributed by atoms with van der Waals surface area (Å²) < 4.78 is 5.15. The second-order valence-corrected chi connectivity index (χ2v) is 5.04. The lowest BCUT2D eigenvalue weighted by Crippen LogP contribution is -2.44. The molecule has 1 N–H and O–H groups in total. The quantitative estimate of drug-likeness (QED) is 0.813. The van der Waals surface area contributed by atoms with Gasteiger partial charge < -0.3 is 4.74 Å². The van der Waals surface area contributed by atoms with Gasteiger partial charge in [-0.15, -0.1) is 0 Å². The number of benzene rings is 1. The first-order valence-electron chi connectivity index (χ1n) is 6.68. The Morgan fingerprint density at radius 1 is 1.39 bits per heavy atom. The van der Waals surface area contributed by atoms with Gasteiger partial charge in [-0.3, -0.25) is 5.32 Å². The van der Waals surface area contributed by atoms with Crippen LogP contribution >= 0.6 is 0 Å². The maximum Gasteiger partial charge on any atom is 0.327 e. The van der Waals surface area contributed by atoms with Gasteiger partial charge in [0, 0.05) is 6.04 Å². The summed E-state index contributed by atoms with van der Waals surface area (Å²) in [5.41, 5.74) is 0.982. The Labute approximate surface area is 109 Å². The minimum atomic E-state index is -0.330. The molecule has 1 aromatic carbocycles. The van der Waals surface area contributed by atoms with Gasteiger partial charge in [-0.2, -0.15) is 0 Å². The van der Waals surface area contributed by atoms with Crippen LogP contribution in [-0.4, -0.2) is 18.6 Å². The third-order valence-electron chi connectivity index (χ3n) is 3.43. The maximum atomic E-state index is 12.0.